The largest absolute Gasteiger partial charge is 0.532 e. The van der Waals surface area contributed by atoms with Crippen LogP contribution in [0.1, 0.15) is 49.3 Å². The number of rotatable bonds is 19. The van der Waals surface area contributed by atoms with Crippen LogP contribution in [-0.4, -0.2) is 95.1 Å². The maximum absolute atomic E-state index is 16.7. The van der Waals surface area contributed by atoms with E-state index in [1.807, 2.05) is 127 Å². The molecule has 0 aromatic heterocycles. The van der Waals surface area contributed by atoms with Crippen LogP contribution in [0.25, 0.3) is 10.4 Å². The predicted octanol–water partition coefficient (Wildman–Crippen LogP) is 9.09. The zero-order valence-corrected chi connectivity index (χ0v) is 42.3. The number of azide groups is 1. The number of nitrogens with zero attached hydrogens (tertiary/aromatic N) is 3. The van der Waals surface area contributed by atoms with Gasteiger partial charge in [0.25, 0.3) is 0 Å². The van der Waals surface area contributed by atoms with E-state index in [2.05, 4.69) is 55.1 Å². The van der Waals surface area contributed by atoms with Gasteiger partial charge in [-0.3, -0.25) is 0 Å². The third-order valence-electron chi connectivity index (χ3n) is 13.5. The maximum Gasteiger partial charge on any atom is 0.320 e. The van der Waals surface area contributed by atoms with Crippen molar-refractivity contribution in [2.75, 3.05) is 20.3 Å². The van der Waals surface area contributed by atoms with Gasteiger partial charge in [-0.2, -0.15) is 0 Å². The second-order valence-electron chi connectivity index (χ2n) is 19.4. The Hall–Kier alpha value is -5.82. The van der Waals surface area contributed by atoms with E-state index >= 15 is 4.39 Å². The van der Waals surface area contributed by atoms with Crippen molar-refractivity contribution >= 4 is 18.7 Å². The van der Waals surface area contributed by atoms with E-state index in [-0.39, 0.29) is 38.8 Å². The molecule has 0 unspecified atom stereocenters. The van der Waals surface area contributed by atoms with Gasteiger partial charge in [-0.25, -0.2) is 4.39 Å². The first kappa shape index (κ1) is 52.1. The molecule has 1 N–H and O–H groups in total. The van der Waals surface area contributed by atoms with Gasteiger partial charge in [0.15, 0.2) is 24.7 Å². The molecule has 3 aliphatic rings. The Bertz CT molecular complexity index is 2670. The molecule has 0 saturated carbocycles. The molecule has 0 radical (unpaired) electrons. The highest BCUT2D eigenvalue weighted by molar-refractivity contribution is 7.00. The SMILES string of the molecule is CO[C@H]1O[C@H](COCc2ccccc2)[C@@H](O[C@@H]2O[C@@H]3CO[C@@H](c4ccccc4)O[C@H]3[C@H](OCc3ccc(O[Si](c4ccccc4)(c4ccccc4)C(C)(C)C)c(F)c3)[C@@H]2O)[C@H](OCc2ccccc2)[C@H]1N=[N+]=[N-]. The van der Waals surface area contributed by atoms with Crippen LogP contribution in [0, 0.1) is 5.82 Å². The lowest BCUT2D eigenvalue weighted by Gasteiger charge is -2.50. The summed E-state index contributed by atoms with van der Waals surface area (Å²) in [5, 5.41) is 18.2. The Morgan fingerprint density at radius 2 is 1.26 bits per heavy atom. The van der Waals surface area contributed by atoms with Crippen LogP contribution < -0.4 is 14.8 Å². The first-order chi connectivity index (χ1) is 35.6. The molecule has 6 aromatic carbocycles. The molecule has 0 spiro atoms. The summed E-state index contributed by atoms with van der Waals surface area (Å²) in [7, 11) is -1.71. The second-order valence-corrected chi connectivity index (χ2v) is 23.6. The molecule has 0 bridgehead atoms. The molecule has 11 atom stereocenters. The van der Waals surface area contributed by atoms with Gasteiger partial charge in [0.05, 0.1) is 33.0 Å². The normalized spacial score (nSPS) is 26.3. The van der Waals surface area contributed by atoms with Crippen molar-refractivity contribution in [1.29, 1.82) is 0 Å². The summed E-state index contributed by atoms with van der Waals surface area (Å²) in [6.07, 6.45) is -10.5. The lowest BCUT2D eigenvalue weighted by molar-refractivity contribution is -0.386. The Labute approximate surface area is 426 Å². The molecular formula is C57H62FN3O11Si. The molecule has 73 heavy (non-hydrogen) atoms. The van der Waals surface area contributed by atoms with E-state index in [0.717, 1.165) is 27.1 Å². The van der Waals surface area contributed by atoms with Crippen molar-refractivity contribution in [3.8, 4) is 5.75 Å². The van der Waals surface area contributed by atoms with Gasteiger partial charge in [0.2, 0.25) is 0 Å². The number of hydrogen-bond donors (Lipinski definition) is 1. The van der Waals surface area contributed by atoms with Gasteiger partial charge in [-0.1, -0.05) is 184 Å². The van der Waals surface area contributed by atoms with Crippen LogP contribution in [0.5, 0.6) is 5.75 Å². The number of ether oxygens (including phenoxy) is 9. The summed E-state index contributed by atoms with van der Waals surface area (Å²) in [5.74, 6) is -0.442. The number of aliphatic hydroxyl groups excluding tert-OH is 1. The third kappa shape index (κ3) is 11.9. The molecule has 0 amide bonds. The van der Waals surface area contributed by atoms with Crippen molar-refractivity contribution in [3.63, 3.8) is 0 Å². The molecule has 3 aliphatic heterocycles. The minimum Gasteiger partial charge on any atom is -0.532 e. The zero-order chi connectivity index (χ0) is 50.8. The average molecular weight is 1010 g/mol. The van der Waals surface area contributed by atoms with Crippen molar-refractivity contribution in [3.05, 3.63) is 208 Å². The minimum atomic E-state index is -3.16. The molecule has 6 aromatic rings. The monoisotopic (exact) mass is 1010 g/mol. The molecule has 3 saturated heterocycles. The summed E-state index contributed by atoms with van der Waals surface area (Å²) in [6.45, 7) is 6.69. The van der Waals surface area contributed by atoms with Gasteiger partial charge < -0.3 is 52.2 Å². The maximum atomic E-state index is 16.7. The fourth-order valence-corrected chi connectivity index (χ4v) is 14.3. The van der Waals surface area contributed by atoms with Crippen molar-refractivity contribution in [2.24, 2.45) is 5.11 Å². The molecule has 9 rings (SSSR count). The topological polar surface area (TPSA) is 161 Å². The number of aliphatic hydroxyl groups is 1. The molecular weight excluding hydrogens is 950 g/mol. The Balaban J connectivity index is 1.01. The highest BCUT2D eigenvalue weighted by Gasteiger charge is 2.55. The number of hydrogen-bond acceptors (Lipinski definition) is 12. The minimum absolute atomic E-state index is 0.00524. The predicted molar refractivity (Wildman–Crippen MR) is 272 cm³/mol. The van der Waals surface area contributed by atoms with E-state index < -0.39 is 86.8 Å². The highest BCUT2D eigenvalue weighted by atomic mass is 28.4. The standard InChI is InChI=1S/C57H62FN3O11Si/c1-57(2,3)73(42-26-16-8-17-27-42,43-28-18-9-19-29-43)72-45-31-30-40(32-44(45)58)35-66-53-49(62)56(69-47-37-67-54(70-51(47)53)41-24-14-7-15-25-41)71-50-46(36-64-33-38-20-10-5-11-21-38)68-55(63-4)48(60-61-59)52(50)65-34-39-22-12-6-13-23-39/h5-32,46-56,62H,33-37H2,1-4H3/t46-,47-,48-,49+,50-,51-,52-,53-,54-,55+,56+/m1/s1. The van der Waals surface area contributed by atoms with Crippen LogP contribution in [0.15, 0.2) is 175 Å². The first-order valence-corrected chi connectivity index (χ1v) is 26.5. The van der Waals surface area contributed by atoms with Gasteiger partial charge in [0, 0.05) is 17.6 Å². The van der Waals surface area contributed by atoms with Crippen LogP contribution in [0.4, 0.5) is 4.39 Å². The number of benzene rings is 6. The first-order valence-electron chi connectivity index (χ1n) is 24.6. The average Bonchev–Trinajstić information content (AvgIpc) is 3.42. The third-order valence-corrected chi connectivity index (χ3v) is 18.4. The van der Waals surface area contributed by atoms with E-state index in [1.165, 1.54) is 13.2 Å². The van der Waals surface area contributed by atoms with Crippen LogP contribution in [-0.2, 0) is 62.5 Å². The van der Waals surface area contributed by atoms with Crippen LogP contribution in [0.3, 0.4) is 0 Å². The lowest BCUT2D eigenvalue weighted by Crippen LogP contribution is -2.68. The number of halogens is 1. The van der Waals surface area contributed by atoms with E-state index in [9.17, 15) is 10.6 Å². The Morgan fingerprint density at radius 1 is 0.685 bits per heavy atom. The van der Waals surface area contributed by atoms with Gasteiger partial charge >= 0.3 is 8.32 Å². The fraction of sp³-hybridized carbons (Fsp3) is 0.368. The second kappa shape index (κ2) is 24.0. The highest BCUT2D eigenvalue weighted by Crippen LogP contribution is 2.41. The van der Waals surface area contributed by atoms with Gasteiger partial charge in [-0.05, 0) is 49.8 Å². The quantitative estimate of drug-likeness (QED) is 0.0357. The van der Waals surface area contributed by atoms with Gasteiger partial charge in [-0.15, -0.1) is 0 Å². The lowest BCUT2D eigenvalue weighted by atomic mass is 9.95. The number of methoxy groups -OCH3 is 1. The van der Waals surface area contributed by atoms with Gasteiger partial charge in [0.1, 0.15) is 54.5 Å². The van der Waals surface area contributed by atoms with E-state index in [4.69, 9.17) is 47.1 Å². The van der Waals surface area contributed by atoms with Crippen molar-refractivity contribution in [1.82, 2.24) is 0 Å². The van der Waals surface area contributed by atoms with Crippen LogP contribution in [0.2, 0.25) is 5.04 Å². The fourth-order valence-electron chi connectivity index (χ4n) is 9.92. The summed E-state index contributed by atoms with van der Waals surface area (Å²) < 4.78 is 81.7. The summed E-state index contributed by atoms with van der Waals surface area (Å²) in [6, 6.07) is 52.5. The van der Waals surface area contributed by atoms with E-state index in [1.54, 1.807) is 12.1 Å². The van der Waals surface area contributed by atoms with Crippen molar-refractivity contribution in [2.45, 2.75) is 113 Å². The molecule has 16 heteroatoms. The van der Waals surface area contributed by atoms with Crippen molar-refractivity contribution < 1.29 is 56.6 Å². The molecule has 382 valence electrons. The summed E-state index contributed by atoms with van der Waals surface area (Å²) in [4.78, 5) is 3.14. The molecule has 14 nitrogen and oxygen atoms in total. The zero-order valence-electron chi connectivity index (χ0n) is 41.3. The molecule has 3 fully saturated rings. The number of fused-ring (bicyclic) bond motifs is 1. The molecule has 0 aliphatic carbocycles. The van der Waals surface area contributed by atoms with E-state index in [0.29, 0.717) is 5.56 Å². The smallest absolute Gasteiger partial charge is 0.320 e. The Morgan fingerprint density at radius 3 is 1.85 bits per heavy atom. The Kier molecular flexibility index (Phi) is 17.1. The molecule has 3 heterocycles. The summed E-state index contributed by atoms with van der Waals surface area (Å²) >= 11 is 0. The van der Waals surface area contributed by atoms with Crippen LogP contribution >= 0.6 is 0 Å². The summed E-state index contributed by atoms with van der Waals surface area (Å²) in [5.41, 5.74) is 12.9.